The summed E-state index contributed by atoms with van der Waals surface area (Å²) in [6.07, 6.45) is 0.329. The van der Waals surface area contributed by atoms with Crippen molar-refractivity contribution in [3.8, 4) is 5.75 Å². The molecular formula is C11H12FN5O4. The first-order valence-corrected chi connectivity index (χ1v) is 5.90. The summed E-state index contributed by atoms with van der Waals surface area (Å²) in [5.41, 5.74) is -0.709. The van der Waals surface area contributed by atoms with Crippen molar-refractivity contribution in [2.24, 2.45) is 0 Å². The van der Waals surface area contributed by atoms with Crippen LogP contribution in [0, 0.1) is 15.9 Å². The van der Waals surface area contributed by atoms with Crippen LogP contribution >= 0.6 is 0 Å². The zero-order chi connectivity index (χ0) is 15.4. The van der Waals surface area contributed by atoms with Crippen LogP contribution < -0.4 is 15.7 Å². The van der Waals surface area contributed by atoms with Gasteiger partial charge in [-0.25, -0.2) is 14.3 Å². The number of benzene rings is 1. The third kappa shape index (κ3) is 3.35. The minimum absolute atomic E-state index is 0.101. The van der Waals surface area contributed by atoms with E-state index in [1.807, 2.05) is 0 Å². The molecule has 3 N–H and O–H groups in total. The number of nitro groups is 1. The van der Waals surface area contributed by atoms with Gasteiger partial charge in [0.25, 0.3) is 5.69 Å². The van der Waals surface area contributed by atoms with Gasteiger partial charge < -0.3 is 10.1 Å². The number of anilines is 1. The number of hydrogen-bond acceptors (Lipinski definition) is 6. The second kappa shape index (κ2) is 6.03. The lowest BCUT2D eigenvalue weighted by Crippen LogP contribution is -2.09. The van der Waals surface area contributed by atoms with Gasteiger partial charge in [0.2, 0.25) is 0 Å². The second-order valence-corrected chi connectivity index (χ2v) is 4.06. The normalized spacial score (nSPS) is 10.4. The van der Waals surface area contributed by atoms with Gasteiger partial charge in [-0.15, -0.1) is 0 Å². The van der Waals surface area contributed by atoms with Crippen molar-refractivity contribution in [1.82, 2.24) is 15.2 Å². The number of aromatic amines is 2. The zero-order valence-electron chi connectivity index (χ0n) is 11.0. The molecule has 0 bridgehead atoms. The standard InChI is InChI=1S/C11H12FN5O4/c1-21-9-5-7(8(17(19)20)4-6(9)12)13-3-2-10-14-11(18)16-15-10/h4-5,13H,2-3H2,1H3,(H2,14,15,16,18). The largest absolute Gasteiger partial charge is 0.494 e. The van der Waals surface area contributed by atoms with Crippen LogP contribution in [0.1, 0.15) is 5.82 Å². The van der Waals surface area contributed by atoms with Crippen LogP contribution in [0.3, 0.4) is 0 Å². The van der Waals surface area contributed by atoms with Gasteiger partial charge in [-0.2, -0.15) is 5.10 Å². The summed E-state index contributed by atoms with van der Waals surface area (Å²) in [4.78, 5) is 23.5. The Hall–Kier alpha value is -2.91. The van der Waals surface area contributed by atoms with Crippen molar-refractivity contribution in [2.45, 2.75) is 6.42 Å². The minimum atomic E-state index is -0.814. The first kappa shape index (κ1) is 14.5. The van der Waals surface area contributed by atoms with Crippen LogP contribution in [0.15, 0.2) is 16.9 Å². The van der Waals surface area contributed by atoms with Crippen LogP contribution in [-0.2, 0) is 6.42 Å². The monoisotopic (exact) mass is 297 g/mol. The second-order valence-electron chi connectivity index (χ2n) is 4.06. The highest BCUT2D eigenvalue weighted by atomic mass is 19.1. The fourth-order valence-corrected chi connectivity index (χ4v) is 1.73. The Labute approximate surface area is 117 Å². The van der Waals surface area contributed by atoms with Gasteiger partial charge >= 0.3 is 5.69 Å². The highest BCUT2D eigenvalue weighted by molar-refractivity contribution is 5.64. The quantitative estimate of drug-likeness (QED) is 0.535. The van der Waals surface area contributed by atoms with Crippen molar-refractivity contribution in [2.75, 3.05) is 19.0 Å². The Balaban J connectivity index is 2.14. The van der Waals surface area contributed by atoms with E-state index in [-0.39, 0.29) is 18.0 Å². The fourth-order valence-electron chi connectivity index (χ4n) is 1.73. The number of rotatable bonds is 6. The molecule has 0 unspecified atom stereocenters. The summed E-state index contributed by atoms with van der Waals surface area (Å²) in [6.45, 7) is 0.260. The summed E-state index contributed by atoms with van der Waals surface area (Å²) >= 11 is 0. The van der Waals surface area contributed by atoms with Gasteiger partial charge in [0.1, 0.15) is 11.5 Å². The number of methoxy groups -OCH3 is 1. The van der Waals surface area contributed by atoms with Crippen molar-refractivity contribution in [3.63, 3.8) is 0 Å². The number of nitro benzene ring substituents is 1. The molecule has 0 saturated carbocycles. The van der Waals surface area contributed by atoms with E-state index in [4.69, 9.17) is 4.74 Å². The van der Waals surface area contributed by atoms with Gasteiger partial charge in [0.05, 0.1) is 18.1 Å². The maximum atomic E-state index is 13.5. The fraction of sp³-hybridized carbons (Fsp3) is 0.273. The van der Waals surface area contributed by atoms with Crippen LogP contribution in [0.2, 0.25) is 0 Å². The van der Waals surface area contributed by atoms with Gasteiger partial charge in [-0.05, 0) is 0 Å². The van der Waals surface area contributed by atoms with Crippen LogP contribution in [0.25, 0.3) is 0 Å². The molecule has 0 atom stereocenters. The summed E-state index contributed by atoms with van der Waals surface area (Å²) < 4.78 is 18.3. The van der Waals surface area contributed by atoms with E-state index in [0.29, 0.717) is 12.2 Å². The smallest absolute Gasteiger partial charge is 0.340 e. The predicted molar refractivity (Wildman–Crippen MR) is 71.0 cm³/mol. The first-order valence-electron chi connectivity index (χ1n) is 5.90. The number of nitrogens with zero attached hydrogens (tertiary/aromatic N) is 2. The molecule has 1 heterocycles. The zero-order valence-corrected chi connectivity index (χ0v) is 11.0. The lowest BCUT2D eigenvalue weighted by molar-refractivity contribution is -0.384. The molecule has 1 aromatic heterocycles. The number of nitrogens with one attached hydrogen (secondary N) is 3. The molecule has 1 aromatic carbocycles. The summed E-state index contributed by atoms with van der Waals surface area (Å²) in [6, 6.07) is 2.00. The van der Waals surface area contributed by atoms with Gasteiger partial charge in [0.15, 0.2) is 11.6 Å². The predicted octanol–water partition coefficient (Wildman–Crippen LogP) is 0.808. The van der Waals surface area contributed by atoms with Crippen LogP contribution in [-0.4, -0.2) is 33.8 Å². The highest BCUT2D eigenvalue weighted by Crippen LogP contribution is 2.31. The van der Waals surface area contributed by atoms with Crippen LogP contribution in [0.5, 0.6) is 5.75 Å². The summed E-state index contributed by atoms with van der Waals surface area (Å²) in [5.74, 6) is -0.508. The van der Waals surface area contributed by atoms with Gasteiger partial charge in [0, 0.05) is 19.0 Å². The van der Waals surface area contributed by atoms with E-state index in [2.05, 4.69) is 20.5 Å². The van der Waals surface area contributed by atoms with E-state index < -0.39 is 22.1 Å². The Morgan fingerprint density at radius 2 is 2.29 bits per heavy atom. The van der Waals surface area contributed by atoms with Gasteiger partial charge in [-0.1, -0.05) is 0 Å². The molecule has 2 aromatic rings. The molecule has 112 valence electrons. The van der Waals surface area contributed by atoms with Crippen molar-refractivity contribution >= 4 is 11.4 Å². The molecule has 0 aliphatic carbocycles. The number of H-pyrrole nitrogens is 2. The van der Waals surface area contributed by atoms with Gasteiger partial charge in [-0.3, -0.25) is 15.1 Å². The highest BCUT2D eigenvalue weighted by Gasteiger charge is 2.18. The number of halogens is 1. The summed E-state index contributed by atoms with van der Waals surface area (Å²) in [5, 5.41) is 19.6. The van der Waals surface area contributed by atoms with E-state index >= 15 is 0 Å². The Bertz CT molecular complexity index is 711. The average Bonchev–Trinajstić information content (AvgIpc) is 2.85. The maximum Gasteiger partial charge on any atom is 0.340 e. The van der Waals surface area contributed by atoms with Crippen molar-refractivity contribution < 1.29 is 14.1 Å². The van der Waals surface area contributed by atoms with E-state index in [9.17, 15) is 19.3 Å². The Kier molecular flexibility index (Phi) is 4.16. The molecule has 0 saturated heterocycles. The third-order valence-electron chi connectivity index (χ3n) is 2.69. The lowest BCUT2D eigenvalue weighted by atomic mass is 10.2. The minimum Gasteiger partial charge on any atom is -0.494 e. The lowest BCUT2D eigenvalue weighted by Gasteiger charge is -2.09. The molecule has 0 aliphatic rings. The maximum absolute atomic E-state index is 13.5. The Morgan fingerprint density at radius 1 is 1.52 bits per heavy atom. The van der Waals surface area contributed by atoms with E-state index in [0.717, 1.165) is 6.07 Å². The molecule has 2 rings (SSSR count). The number of aromatic nitrogens is 3. The molecule has 0 amide bonds. The van der Waals surface area contributed by atoms with E-state index in [1.165, 1.54) is 13.2 Å². The summed E-state index contributed by atoms with van der Waals surface area (Å²) in [7, 11) is 1.27. The molecule has 9 nitrogen and oxygen atoms in total. The third-order valence-corrected chi connectivity index (χ3v) is 2.69. The SMILES string of the molecule is COc1cc(NCCc2n[nH]c(=O)[nH]2)c([N+](=O)[O-])cc1F. The molecule has 0 radical (unpaired) electrons. The Morgan fingerprint density at radius 3 is 2.86 bits per heavy atom. The van der Waals surface area contributed by atoms with Crippen LogP contribution in [0.4, 0.5) is 15.8 Å². The molecular weight excluding hydrogens is 285 g/mol. The van der Waals surface area contributed by atoms with Crippen molar-refractivity contribution in [1.29, 1.82) is 0 Å². The molecule has 0 spiro atoms. The van der Waals surface area contributed by atoms with E-state index in [1.54, 1.807) is 0 Å². The molecule has 21 heavy (non-hydrogen) atoms. The molecule has 0 aliphatic heterocycles. The first-order chi connectivity index (χ1) is 10.0. The topological polar surface area (TPSA) is 126 Å². The number of ether oxygens (including phenoxy) is 1. The average molecular weight is 297 g/mol. The molecule has 0 fully saturated rings. The van der Waals surface area contributed by atoms with Crippen molar-refractivity contribution in [3.05, 3.63) is 44.4 Å². The number of hydrogen-bond donors (Lipinski definition) is 3. The molecule has 10 heteroatoms.